The van der Waals surface area contributed by atoms with Crippen molar-refractivity contribution in [3.05, 3.63) is 88.7 Å². The summed E-state index contributed by atoms with van der Waals surface area (Å²) < 4.78 is 7.28. The fourth-order valence-electron chi connectivity index (χ4n) is 3.79. The van der Waals surface area contributed by atoms with Crippen molar-refractivity contribution in [1.29, 1.82) is 0 Å². The van der Waals surface area contributed by atoms with Gasteiger partial charge >= 0.3 is 5.76 Å². The van der Waals surface area contributed by atoms with Crippen molar-refractivity contribution in [3.63, 3.8) is 0 Å². The summed E-state index contributed by atoms with van der Waals surface area (Å²) in [6, 6.07) is 19.7. The Hall–Kier alpha value is -3.84. The smallest absolute Gasteiger partial charge is 0.408 e. The molecule has 0 saturated heterocycles. The molecule has 5 rings (SSSR count). The van der Waals surface area contributed by atoms with Gasteiger partial charge in [-0.2, -0.15) is 0 Å². The van der Waals surface area contributed by atoms with Crippen LogP contribution in [-0.2, 0) is 13.1 Å². The molecular weight excluding hydrogens is 378 g/mol. The first-order valence-electron chi connectivity index (χ1n) is 9.69. The molecule has 0 unspecified atom stereocenters. The first-order chi connectivity index (χ1) is 14.6. The molecule has 0 fully saturated rings. The summed E-state index contributed by atoms with van der Waals surface area (Å²) in [5.41, 5.74) is 12.7. The van der Waals surface area contributed by atoms with Crippen LogP contribution in [0.3, 0.4) is 0 Å². The highest BCUT2D eigenvalue weighted by atomic mass is 16.4. The van der Waals surface area contributed by atoms with Crippen LogP contribution >= 0.6 is 0 Å². The predicted molar refractivity (Wildman–Crippen MR) is 117 cm³/mol. The van der Waals surface area contributed by atoms with Gasteiger partial charge in [0.25, 0.3) is 0 Å². The van der Waals surface area contributed by atoms with Gasteiger partial charge in [-0.3, -0.25) is 9.88 Å². The lowest BCUT2D eigenvalue weighted by Gasteiger charge is -2.17. The van der Waals surface area contributed by atoms with Crippen molar-refractivity contribution in [2.75, 3.05) is 12.8 Å². The van der Waals surface area contributed by atoms with Crippen LogP contribution in [0.15, 0.2) is 76.1 Å². The van der Waals surface area contributed by atoms with E-state index in [1.54, 1.807) is 0 Å². The van der Waals surface area contributed by atoms with Gasteiger partial charge in [0.2, 0.25) is 0 Å². The highest BCUT2D eigenvalue weighted by Gasteiger charge is 2.17. The Labute approximate surface area is 172 Å². The van der Waals surface area contributed by atoms with Crippen molar-refractivity contribution in [2.24, 2.45) is 0 Å². The maximum Gasteiger partial charge on any atom is 0.417 e. The van der Waals surface area contributed by atoms with Crippen molar-refractivity contribution in [3.8, 4) is 11.3 Å². The number of H-pyrrole nitrogens is 1. The fraction of sp³-hybridized carbons (Fsp3) is 0.130. The number of imidazole rings is 1. The van der Waals surface area contributed by atoms with Crippen LogP contribution in [0.4, 0.5) is 5.69 Å². The number of aromatic amines is 1. The molecule has 150 valence electrons. The highest BCUT2D eigenvalue weighted by Crippen LogP contribution is 2.28. The monoisotopic (exact) mass is 399 g/mol. The molecule has 0 aliphatic heterocycles. The summed E-state index contributed by atoms with van der Waals surface area (Å²) in [5, 5.41) is 0. The summed E-state index contributed by atoms with van der Waals surface area (Å²) >= 11 is 0. The lowest BCUT2D eigenvalue weighted by molar-refractivity contribution is 0.314. The van der Waals surface area contributed by atoms with Gasteiger partial charge in [-0.15, -0.1) is 0 Å². The van der Waals surface area contributed by atoms with E-state index in [1.165, 1.54) is 5.56 Å². The summed E-state index contributed by atoms with van der Waals surface area (Å²) in [6.07, 6.45) is 1.90. The van der Waals surface area contributed by atoms with Crippen LogP contribution in [0.1, 0.15) is 11.3 Å². The molecule has 0 atom stereocenters. The van der Waals surface area contributed by atoms with Crippen LogP contribution in [0.5, 0.6) is 0 Å². The zero-order valence-electron chi connectivity index (χ0n) is 16.5. The number of benzene rings is 2. The minimum atomic E-state index is -0.465. The number of pyridine rings is 1. The molecule has 0 aliphatic carbocycles. The minimum absolute atomic E-state index is 0.465. The molecule has 2 aromatic carbocycles. The normalized spacial score (nSPS) is 11.7. The van der Waals surface area contributed by atoms with E-state index < -0.39 is 5.76 Å². The number of nitrogens with zero attached hydrogens (tertiary/aromatic N) is 3. The van der Waals surface area contributed by atoms with Crippen molar-refractivity contribution in [2.45, 2.75) is 13.1 Å². The van der Waals surface area contributed by atoms with Crippen molar-refractivity contribution in [1.82, 2.24) is 19.3 Å². The van der Waals surface area contributed by atoms with Crippen LogP contribution < -0.4 is 11.5 Å². The molecule has 30 heavy (non-hydrogen) atoms. The zero-order valence-corrected chi connectivity index (χ0v) is 16.5. The lowest BCUT2D eigenvalue weighted by Crippen LogP contribution is -2.18. The first-order valence-corrected chi connectivity index (χ1v) is 9.69. The summed E-state index contributed by atoms with van der Waals surface area (Å²) in [7, 11) is 2.08. The van der Waals surface area contributed by atoms with E-state index in [1.807, 2.05) is 59.1 Å². The van der Waals surface area contributed by atoms with Gasteiger partial charge in [0.05, 0.1) is 16.9 Å². The van der Waals surface area contributed by atoms with Crippen LogP contribution in [0.2, 0.25) is 0 Å². The van der Waals surface area contributed by atoms with Gasteiger partial charge in [0.1, 0.15) is 5.65 Å². The van der Waals surface area contributed by atoms with Crippen LogP contribution in [0.25, 0.3) is 28.0 Å². The fourth-order valence-corrected chi connectivity index (χ4v) is 3.79. The molecule has 0 aliphatic rings. The molecule has 7 heteroatoms. The van der Waals surface area contributed by atoms with Gasteiger partial charge in [-0.05, 0) is 36.9 Å². The van der Waals surface area contributed by atoms with Crippen molar-refractivity contribution < 1.29 is 4.42 Å². The van der Waals surface area contributed by atoms with Crippen LogP contribution in [-0.4, -0.2) is 26.3 Å². The average Bonchev–Trinajstić information content (AvgIpc) is 3.27. The third kappa shape index (κ3) is 3.35. The Balaban J connectivity index is 1.59. The number of oxazole rings is 1. The predicted octanol–water partition coefficient (Wildman–Crippen LogP) is 3.65. The Morgan fingerprint density at radius 1 is 1.10 bits per heavy atom. The maximum absolute atomic E-state index is 11.5. The first kappa shape index (κ1) is 18.2. The molecule has 0 bridgehead atoms. The average molecular weight is 399 g/mol. The van der Waals surface area contributed by atoms with Gasteiger partial charge in [-0.1, -0.05) is 36.4 Å². The zero-order chi connectivity index (χ0) is 20.7. The Kier molecular flexibility index (Phi) is 4.37. The molecule has 7 nitrogen and oxygen atoms in total. The molecule has 3 N–H and O–H groups in total. The van der Waals surface area contributed by atoms with Crippen LogP contribution in [0, 0.1) is 0 Å². The third-order valence-corrected chi connectivity index (χ3v) is 5.15. The molecule has 5 aromatic rings. The molecule has 3 heterocycles. The van der Waals surface area contributed by atoms with E-state index in [2.05, 4.69) is 29.1 Å². The SMILES string of the molecule is CN(Cc1ccccc1)Cc1c(-c2ccc3[nH]c(=O)oc3c2)nc2ccc(N)cn12. The van der Waals surface area contributed by atoms with E-state index in [0.717, 1.165) is 29.1 Å². The Bertz CT molecular complexity index is 1400. The largest absolute Gasteiger partial charge is 0.417 e. The second-order valence-corrected chi connectivity index (χ2v) is 7.48. The van der Waals surface area contributed by atoms with E-state index >= 15 is 0 Å². The number of hydrogen-bond acceptors (Lipinski definition) is 5. The van der Waals surface area contributed by atoms with Gasteiger partial charge in [0, 0.05) is 30.5 Å². The second-order valence-electron chi connectivity index (χ2n) is 7.48. The Morgan fingerprint density at radius 3 is 2.77 bits per heavy atom. The summed E-state index contributed by atoms with van der Waals surface area (Å²) in [6.45, 7) is 1.48. The third-order valence-electron chi connectivity index (χ3n) is 5.15. The number of nitrogen functional groups attached to an aromatic ring is 1. The summed E-state index contributed by atoms with van der Waals surface area (Å²) in [5.74, 6) is -0.465. The maximum atomic E-state index is 11.5. The van der Waals surface area contributed by atoms with Gasteiger partial charge in [-0.25, -0.2) is 9.78 Å². The lowest BCUT2D eigenvalue weighted by atomic mass is 10.1. The molecule has 0 amide bonds. The molecular formula is C23H21N5O2. The van der Waals surface area contributed by atoms with E-state index in [4.69, 9.17) is 15.1 Å². The highest BCUT2D eigenvalue weighted by molar-refractivity contribution is 5.80. The quantitative estimate of drug-likeness (QED) is 0.471. The van der Waals surface area contributed by atoms with E-state index in [-0.39, 0.29) is 0 Å². The minimum Gasteiger partial charge on any atom is -0.408 e. The van der Waals surface area contributed by atoms with E-state index in [9.17, 15) is 4.79 Å². The molecule has 0 radical (unpaired) electrons. The number of anilines is 1. The van der Waals surface area contributed by atoms with Crippen molar-refractivity contribution >= 4 is 22.4 Å². The topological polar surface area (TPSA) is 92.6 Å². The van der Waals surface area contributed by atoms with Gasteiger partial charge in [0.15, 0.2) is 5.58 Å². The van der Waals surface area contributed by atoms with E-state index in [0.29, 0.717) is 23.3 Å². The molecule has 0 spiro atoms. The number of rotatable bonds is 5. The number of aromatic nitrogens is 3. The number of nitrogens with two attached hydrogens (primary N) is 1. The second kappa shape index (κ2) is 7.20. The number of hydrogen-bond donors (Lipinski definition) is 2. The molecule has 3 aromatic heterocycles. The van der Waals surface area contributed by atoms with Gasteiger partial charge < -0.3 is 14.6 Å². The standard InChI is InChI=1S/C23H21N5O2/c1-27(12-15-5-3-2-4-6-15)14-19-22(26-21-10-8-17(24)13-28(19)21)16-7-9-18-20(11-16)30-23(29)25-18/h2-11,13H,12,14,24H2,1H3,(H,25,29). The molecule has 0 saturated carbocycles. The Morgan fingerprint density at radius 2 is 1.93 bits per heavy atom. The summed E-state index contributed by atoms with van der Waals surface area (Å²) in [4.78, 5) is 21.3. The number of fused-ring (bicyclic) bond motifs is 2. The number of nitrogens with one attached hydrogen (secondary N) is 1.